The molecule has 2 atom stereocenters. The second kappa shape index (κ2) is 8.25. The van der Waals surface area contributed by atoms with Crippen molar-refractivity contribution in [3.8, 4) is 12.1 Å². The van der Waals surface area contributed by atoms with E-state index in [0.29, 0.717) is 15.7 Å². The number of nitrogens with zero attached hydrogens (tertiary/aromatic N) is 3. The third-order valence-electron chi connectivity index (χ3n) is 5.12. The Labute approximate surface area is 181 Å². The van der Waals surface area contributed by atoms with Crippen LogP contribution in [0, 0.1) is 41.3 Å². The van der Waals surface area contributed by atoms with Crippen LogP contribution < -0.4 is 4.90 Å². The van der Waals surface area contributed by atoms with Crippen LogP contribution in [0.2, 0.25) is 0 Å². The zero-order chi connectivity index (χ0) is 22.1. The molecule has 2 aromatic rings. The highest BCUT2D eigenvalue weighted by molar-refractivity contribution is 9.10. The molecule has 0 saturated heterocycles. The Morgan fingerprint density at radius 2 is 2.07 bits per heavy atom. The predicted molar refractivity (Wildman–Crippen MR) is 109 cm³/mol. The molecular weight excluding hydrogens is 453 g/mol. The molecule has 0 radical (unpaired) electrons. The number of anilines is 1. The zero-order valence-corrected chi connectivity index (χ0v) is 17.9. The predicted octanol–water partition coefficient (Wildman–Crippen LogP) is 3.91. The summed E-state index contributed by atoms with van der Waals surface area (Å²) >= 11 is 3.20. The van der Waals surface area contributed by atoms with Crippen molar-refractivity contribution >= 4 is 33.5 Å². The molecule has 30 heavy (non-hydrogen) atoms. The van der Waals surface area contributed by atoms with Gasteiger partial charge in [0.05, 0.1) is 31.0 Å². The molecule has 0 fully saturated rings. The second-order valence-corrected chi connectivity index (χ2v) is 7.75. The number of carbonyl (C=O) groups is 2. The lowest BCUT2D eigenvalue weighted by molar-refractivity contribution is -0.149. The highest BCUT2D eigenvalue weighted by Gasteiger charge is 2.60. The number of fused-ring (bicyclic) bond motifs is 1. The summed E-state index contributed by atoms with van der Waals surface area (Å²) in [5, 5.41) is 19.8. The van der Waals surface area contributed by atoms with Gasteiger partial charge in [0.1, 0.15) is 5.82 Å². The largest absolute Gasteiger partial charge is 0.465 e. The number of amides is 1. The van der Waals surface area contributed by atoms with Crippen molar-refractivity contribution in [2.45, 2.75) is 25.8 Å². The Bertz CT molecular complexity index is 1120. The van der Waals surface area contributed by atoms with Gasteiger partial charge >= 0.3 is 5.97 Å². The summed E-state index contributed by atoms with van der Waals surface area (Å²) < 4.78 is 20.0. The number of benzene rings is 2. The van der Waals surface area contributed by atoms with Crippen molar-refractivity contribution in [1.29, 1.82) is 10.5 Å². The number of hydrogen-bond donors (Lipinski definition) is 0. The fourth-order valence-electron chi connectivity index (χ4n) is 3.74. The summed E-state index contributed by atoms with van der Waals surface area (Å²) in [4.78, 5) is 27.3. The summed E-state index contributed by atoms with van der Waals surface area (Å²) in [5.41, 5.74) is -0.535. The number of nitriles is 2. The van der Waals surface area contributed by atoms with E-state index >= 15 is 0 Å². The molecule has 0 spiro atoms. The van der Waals surface area contributed by atoms with E-state index in [9.17, 15) is 24.5 Å². The van der Waals surface area contributed by atoms with Crippen molar-refractivity contribution in [1.82, 2.24) is 0 Å². The molecule has 1 aliphatic heterocycles. The van der Waals surface area contributed by atoms with Gasteiger partial charge in [0.25, 0.3) is 5.91 Å². The minimum atomic E-state index is -2.08. The normalized spacial score (nSPS) is 18.3. The highest BCUT2D eigenvalue weighted by atomic mass is 79.9. The first-order valence-corrected chi connectivity index (χ1v) is 9.94. The topological polar surface area (TPSA) is 94.2 Å². The number of esters is 1. The van der Waals surface area contributed by atoms with Crippen LogP contribution in [-0.4, -0.2) is 18.5 Å². The fraction of sp³-hybridized carbons (Fsp3) is 0.273. The quantitative estimate of drug-likeness (QED) is 0.618. The first-order valence-electron chi connectivity index (χ1n) is 9.15. The van der Waals surface area contributed by atoms with Crippen LogP contribution in [0.4, 0.5) is 10.1 Å². The van der Waals surface area contributed by atoms with E-state index in [1.807, 2.05) is 6.07 Å². The molecule has 0 aromatic heterocycles. The smallest absolute Gasteiger partial charge is 0.325 e. The maximum Gasteiger partial charge on any atom is 0.325 e. The molecule has 6 nitrogen and oxygen atoms in total. The molecule has 2 aromatic carbocycles. The van der Waals surface area contributed by atoms with E-state index in [2.05, 4.69) is 15.9 Å². The van der Waals surface area contributed by atoms with Gasteiger partial charge in [-0.1, -0.05) is 40.2 Å². The molecule has 8 heteroatoms. The SMILES string of the molecule is CCOC(=O)C(C#N)C1(C#N)C(=O)N(Cc2ccc(Br)cc2F)c2c(C)cccc21. The molecular formula is C22H17BrFN3O3. The Morgan fingerprint density at radius 3 is 2.67 bits per heavy atom. The molecule has 0 saturated carbocycles. The number of hydrogen-bond acceptors (Lipinski definition) is 5. The first kappa shape index (κ1) is 21.5. The maximum atomic E-state index is 14.5. The zero-order valence-electron chi connectivity index (χ0n) is 16.3. The van der Waals surface area contributed by atoms with E-state index in [-0.39, 0.29) is 24.3 Å². The summed E-state index contributed by atoms with van der Waals surface area (Å²) in [6, 6.07) is 13.1. The number of carbonyl (C=O) groups excluding carboxylic acids is 2. The molecule has 1 aliphatic rings. The number of aryl methyl sites for hydroxylation is 1. The van der Waals surface area contributed by atoms with Crippen LogP contribution in [-0.2, 0) is 26.3 Å². The molecule has 2 unspecified atom stereocenters. The van der Waals surface area contributed by atoms with E-state index in [1.54, 1.807) is 44.2 Å². The lowest BCUT2D eigenvalue weighted by atomic mass is 9.72. The lowest BCUT2D eigenvalue weighted by Crippen LogP contribution is -2.47. The van der Waals surface area contributed by atoms with Crippen molar-refractivity contribution in [2.75, 3.05) is 11.5 Å². The Morgan fingerprint density at radius 1 is 1.33 bits per heavy atom. The maximum absolute atomic E-state index is 14.5. The van der Waals surface area contributed by atoms with Gasteiger partial charge in [-0.3, -0.25) is 9.59 Å². The summed E-state index contributed by atoms with van der Waals surface area (Å²) in [6.45, 7) is 3.17. The fourth-order valence-corrected chi connectivity index (χ4v) is 4.07. The number of para-hydroxylation sites is 1. The second-order valence-electron chi connectivity index (χ2n) is 6.83. The number of halogens is 2. The van der Waals surface area contributed by atoms with Gasteiger partial charge in [-0.05, 0) is 31.5 Å². The first-order chi connectivity index (χ1) is 14.3. The number of ether oxygens (including phenoxy) is 1. The molecule has 1 heterocycles. The van der Waals surface area contributed by atoms with E-state index in [4.69, 9.17) is 4.74 Å². The molecule has 1 amide bonds. The van der Waals surface area contributed by atoms with Crippen LogP contribution in [0.3, 0.4) is 0 Å². The van der Waals surface area contributed by atoms with Crippen molar-refractivity contribution in [3.05, 3.63) is 63.4 Å². The van der Waals surface area contributed by atoms with Crippen LogP contribution in [0.1, 0.15) is 23.6 Å². The molecule has 3 rings (SSSR count). The molecule has 0 aliphatic carbocycles. The van der Waals surface area contributed by atoms with Crippen molar-refractivity contribution in [2.24, 2.45) is 5.92 Å². The summed E-state index contributed by atoms with van der Waals surface area (Å²) in [7, 11) is 0. The third kappa shape index (κ3) is 3.24. The van der Waals surface area contributed by atoms with Gasteiger partial charge in [0.15, 0.2) is 11.3 Å². The summed E-state index contributed by atoms with van der Waals surface area (Å²) in [6.07, 6.45) is 0. The van der Waals surface area contributed by atoms with Gasteiger partial charge < -0.3 is 9.64 Å². The monoisotopic (exact) mass is 469 g/mol. The molecule has 152 valence electrons. The summed E-state index contributed by atoms with van der Waals surface area (Å²) in [5.74, 6) is -3.88. The minimum absolute atomic E-state index is 0.00120. The Hall–Kier alpha value is -3.23. The van der Waals surface area contributed by atoms with Gasteiger partial charge in [-0.25, -0.2) is 4.39 Å². The minimum Gasteiger partial charge on any atom is -0.465 e. The van der Waals surface area contributed by atoms with Crippen LogP contribution in [0.15, 0.2) is 40.9 Å². The van der Waals surface area contributed by atoms with Crippen molar-refractivity contribution < 1.29 is 18.7 Å². The highest BCUT2D eigenvalue weighted by Crippen LogP contribution is 2.48. The average Bonchev–Trinajstić information content (AvgIpc) is 2.95. The van der Waals surface area contributed by atoms with Crippen LogP contribution in [0.5, 0.6) is 0 Å². The van der Waals surface area contributed by atoms with E-state index < -0.39 is 29.0 Å². The van der Waals surface area contributed by atoms with Crippen molar-refractivity contribution in [3.63, 3.8) is 0 Å². The van der Waals surface area contributed by atoms with Gasteiger partial charge in [0, 0.05) is 15.6 Å². The molecule has 0 N–H and O–H groups in total. The standard InChI is InChI=1S/C22H17BrFN3O3/c1-3-30-20(28)17(10-25)22(12-26)16-6-4-5-13(2)19(16)27(21(22)29)11-14-7-8-15(23)9-18(14)24/h4-9,17H,3,11H2,1-2H3. The third-order valence-corrected chi connectivity index (χ3v) is 5.61. The van der Waals surface area contributed by atoms with Gasteiger partial charge in [-0.15, -0.1) is 0 Å². The van der Waals surface area contributed by atoms with Gasteiger partial charge in [-0.2, -0.15) is 10.5 Å². The average molecular weight is 470 g/mol. The molecule has 0 bridgehead atoms. The van der Waals surface area contributed by atoms with Gasteiger partial charge in [0.2, 0.25) is 0 Å². The van der Waals surface area contributed by atoms with E-state index in [1.165, 1.54) is 17.0 Å². The Kier molecular flexibility index (Phi) is 5.91. The number of rotatable bonds is 5. The van der Waals surface area contributed by atoms with Crippen LogP contribution >= 0.6 is 15.9 Å². The van der Waals surface area contributed by atoms with Crippen LogP contribution in [0.25, 0.3) is 0 Å². The lowest BCUT2D eigenvalue weighted by Gasteiger charge is -2.25. The van der Waals surface area contributed by atoms with E-state index in [0.717, 1.165) is 0 Å². The Balaban J connectivity index is 2.20.